The smallest absolute Gasteiger partial charge is 0.256 e. The molecule has 55 heavy (non-hydrogen) atoms. The number of anilines is 1. The van der Waals surface area contributed by atoms with Crippen molar-refractivity contribution in [3.63, 3.8) is 0 Å². The van der Waals surface area contributed by atoms with Gasteiger partial charge >= 0.3 is 0 Å². The Morgan fingerprint density at radius 3 is 2.09 bits per heavy atom. The van der Waals surface area contributed by atoms with E-state index in [1.165, 1.54) is 0 Å². The lowest BCUT2D eigenvalue weighted by Crippen LogP contribution is -2.54. The highest BCUT2D eigenvalue weighted by Gasteiger charge is 2.30. The summed E-state index contributed by atoms with van der Waals surface area (Å²) in [5, 5.41) is 21.6. The molecule has 2 heterocycles. The Labute approximate surface area is 321 Å². The number of amides is 7. The summed E-state index contributed by atoms with van der Waals surface area (Å²) in [4.78, 5) is 91.9. The number of carbonyl (C=O) groups excluding carboxylic acids is 7. The van der Waals surface area contributed by atoms with Crippen LogP contribution < -0.4 is 27.0 Å². The number of piperazine rings is 1. The maximum atomic E-state index is 13.3. The number of likely N-dealkylation sites (N-methyl/N-ethyl adjacent to an activating group) is 1. The Balaban J connectivity index is 1.36. The van der Waals surface area contributed by atoms with Gasteiger partial charge in [0.2, 0.25) is 23.6 Å². The van der Waals surface area contributed by atoms with E-state index < -0.39 is 47.7 Å². The molecular formula is C37H56N8O10. The second-order valence-corrected chi connectivity index (χ2v) is 13.7. The molecule has 18 nitrogen and oxygen atoms in total. The summed E-state index contributed by atoms with van der Waals surface area (Å²) < 4.78 is 10.9. The molecule has 1 saturated heterocycles. The summed E-state index contributed by atoms with van der Waals surface area (Å²) in [5.41, 5.74) is 6.50. The molecule has 1 unspecified atom stereocenters. The number of nitrogens with one attached hydrogen (secondary N) is 4. The topological polar surface area (TPSA) is 242 Å². The van der Waals surface area contributed by atoms with Crippen molar-refractivity contribution < 1.29 is 48.1 Å². The molecule has 7 N–H and O–H groups in total. The van der Waals surface area contributed by atoms with Crippen molar-refractivity contribution in [2.45, 2.75) is 57.7 Å². The summed E-state index contributed by atoms with van der Waals surface area (Å²) in [6.07, 6.45) is 1.67. The largest absolute Gasteiger partial charge is 0.379 e. The van der Waals surface area contributed by atoms with Gasteiger partial charge in [-0.2, -0.15) is 0 Å². The Hall–Kier alpha value is -4.75. The number of nitrogens with two attached hydrogens (primary N) is 1. The minimum atomic E-state index is -1.33. The van der Waals surface area contributed by atoms with Gasteiger partial charge in [-0.25, -0.2) is 0 Å². The second kappa shape index (κ2) is 23.2. The molecule has 1 fully saturated rings. The number of hydrogen-bond donors (Lipinski definition) is 6. The number of aliphatic hydroxyl groups excluding tert-OH is 1. The van der Waals surface area contributed by atoms with Gasteiger partial charge in [0, 0.05) is 69.9 Å². The van der Waals surface area contributed by atoms with Crippen molar-refractivity contribution in [2.75, 3.05) is 84.6 Å². The predicted molar refractivity (Wildman–Crippen MR) is 201 cm³/mol. The van der Waals surface area contributed by atoms with E-state index in [-0.39, 0.29) is 76.5 Å². The van der Waals surface area contributed by atoms with E-state index in [9.17, 15) is 38.7 Å². The quantitative estimate of drug-likeness (QED) is 0.0559. The first-order valence-corrected chi connectivity index (χ1v) is 18.6. The zero-order valence-electron chi connectivity index (χ0n) is 31.9. The summed E-state index contributed by atoms with van der Waals surface area (Å²) >= 11 is 0. The monoisotopic (exact) mass is 772 g/mol. The van der Waals surface area contributed by atoms with Gasteiger partial charge in [0.15, 0.2) is 6.10 Å². The van der Waals surface area contributed by atoms with Gasteiger partial charge in [-0.1, -0.05) is 26.0 Å². The summed E-state index contributed by atoms with van der Waals surface area (Å²) in [5.74, 6) is -3.31. The van der Waals surface area contributed by atoms with Crippen LogP contribution in [-0.4, -0.2) is 153 Å². The number of aliphatic hydroxyl groups is 1. The molecule has 3 rings (SSSR count). The number of imide groups is 1. The fraction of sp³-hybridized carbons (Fsp3) is 0.595. The van der Waals surface area contributed by atoms with E-state index in [0.717, 1.165) is 30.1 Å². The number of carbonyl (C=O) groups is 7. The molecule has 0 aliphatic carbocycles. The van der Waals surface area contributed by atoms with E-state index in [1.54, 1.807) is 43.0 Å². The molecule has 1 aromatic rings. The molecule has 3 atom stereocenters. The first-order chi connectivity index (χ1) is 26.3. The van der Waals surface area contributed by atoms with Crippen LogP contribution in [-0.2, 0) is 43.0 Å². The third-order valence-corrected chi connectivity index (χ3v) is 9.02. The lowest BCUT2D eigenvalue weighted by Gasteiger charge is -2.33. The zero-order chi connectivity index (χ0) is 40.3. The number of nitrogens with zero attached hydrogens (tertiary/aromatic N) is 3. The highest BCUT2D eigenvalue weighted by molar-refractivity contribution is 6.13. The second-order valence-electron chi connectivity index (χ2n) is 13.7. The van der Waals surface area contributed by atoms with E-state index >= 15 is 0 Å². The fourth-order valence-corrected chi connectivity index (χ4v) is 5.66. The lowest BCUT2D eigenvalue weighted by molar-refractivity contribution is -0.142. The first-order valence-electron chi connectivity index (χ1n) is 18.6. The van der Waals surface area contributed by atoms with E-state index in [4.69, 9.17) is 15.2 Å². The Kier molecular flexibility index (Phi) is 18.9. The fourth-order valence-electron chi connectivity index (χ4n) is 5.66. The molecule has 2 aliphatic rings. The van der Waals surface area contributed by atoms with Crippen LogP contribution >= 0.6 is 0 Å². The molecule has 0 aromatic heterocycles. The van der Waals surface area contributed by atoms with Crippen molar-refractivity contribution in [1.29, 1.82) is 0 Å². The average Bonchev–Trinajstić information content (AvgIpc) is 3.49. The molecule has 0 spiro atoms. The van der Waals surface area contributed by atoms with Crippen LogP contribution in [0.4, 0.5) is 5.69 Å². The van der Waals surface area contributed by atoms with Gasteiger partial charge in [0.25, 0.3) is 17.7 Å². The van der Waals surface area contributed by atoms with Crippen molar-refractivity contribution in [3.8, 4) is 0 Å². The van der Waals surface area contributed by atoms with Gasteiger partial charge < -0.3 is 51.4 Å². The first kappa shape index (κ1) is 44.6. The standard InChI is InChI=1S/C37H56N8O10/c1-25(2)33(42-30(47)13-21-54-23-24-55-22-15-39-29(46)12-16-45-31(48)10-11-32(45)49)36(52)41-28(5-4-14-38)35(51)40-27-8-6-26(7-9-27)34(50)37(53)44-19-17-43(3)18-20-44/h6-11,25,28,33-34,50H,4-5,12-24,38H2,1-3H3,(H,39,46)(H,40,51)(H,41,52)(H,42,47)/t28-,33-,34?/m0/s1. The maximum absolute atomic E-state index is 13.3. The minimum Gasteiger partial charge on any atom is -0.379 e. The SMILES string of the molecule is CC(C)[C@H](NC(=O)CCOCCOCCNC(=O)CCN1C(=O)C=CC1=O)C(=O)N[C@@H](CCCN)C(=O)Nc1ccc(C(O)C(=O)N2CCN(C)CC2)cc1. The molecule has 0 radical (unpaired) electrons. The van der Waals surface area contributed by atoms with Crippen LogP contribution in [0.3, 0.4) is 0 Å². The van der Waals surface area contributed by atoms with Crippen LogP contribution in [0, 0.1) is 5.92 Å². The van der Waals surface area contributed by atoms with Crippen molar-refractivity contribution in [1.82, 2.24) is 30.7 Å². The van der Waals surface area contributed by atoms with Crippen LogP contribution in [0.15, 0.2) is 36.4 Å². The van der Waals surface area contributed by atoms with Gasteiger partial charge in [-0.3, -0.25) is 38.5 Å². The van der Waals surface area contributed by atoms with Gasteiger partial charge in [0.1, 0.15) is 12.1 Å². The van der Waals surface area contributed by atoms with Crippen molar-refractivity contribution in [3.05, 3.63) is 42.0 Å². The average molecular weight is 773 g/mol. The Bertz CT molecular complexity index is 1480. The van der Waals surface area contributed by atoms with Crippen LogP contribution in [0.5, 0.6) is 0 Å². The lowest BCUT2D eigenvalue weighted by atomic mass is 10.0. The van der Waals surface area contributed by atoms with E-state index in [0.29, 0.717) is 37.3 Å². The normalized spacial score (nSPS) is 16.2. The number of hydrogen-bond acceptors (Lipinski definition) is 12. The molecule has 1 aromatic carbocycles. The number of benzene rings is 1. The van der Waals surface area contributed by atoms with Crippen LogP contribution in [0.1, 0.15) is 51.2 Å². The summed E-state index contributed by atoms with van der Waals surface area (Å²) in [7, 11) is 1.98. The highest BCUT2D eigenvalue weighted by Crippen LogP contribution is 2.20. The minimum absolute atomic E-state index is 0.00109. The van der Waals surface area contributed by atoms with Crippen molar-refractivity contribution >= 4 is 47.0 Å². The van der Waals surface area contributed by atoms with Crippen molar-refractivity contribution in [2.24, 2.45) is 11.7 Å². The van der Waals surface area contributed by atoms with Gasteiger partial charge in [0.05, 0.1) is 26.4 Å². The Morgan fingerprint density at radius 1 is 0.836 bits per heavy atom. The molecule has 304 valence electrons. The van der Waals surface area contributed by atoms with E-state index in [1.807, 2.05) is 7.05 Å². The van der Waals surface area contributed by atoms with Crippen LogP contribution in [0.2, 0.25) is 0 Å². The van der Waals surface area contributed by atoms with Gasteiger partial charge in [-0.15, -0.1) is 0 Å². The summed E-state index contributed by atoms with van der Waals surface area (Å²) in [6, 6.07) is 4.42. The highest BCUT2D eigenvalue weighted by atomic mass is 16.5. The number of rotatable bonds is 23. The van der Waals surface area contributed by atoms with Crippen LogP contribution in [0.25, 0.3) is 0 Å². The third-order valence-electron chi connectivity index (χ3n) is 9.02. The third kappa shape index (κ3) is 15.1. The van der Waals surface area contributed by atoms with E-state index in [2.05, 4.69) is 26.2 Å². The predicted octanol–water partition coefficient (Wildman–Crippen LogP) is -1.35. The molecule has 18 heteroatoms. The number of ether oxygens (including phenoxy) is 2. The zero-order valence-corrected chi connectivity index (χ0v) is 31.9. The molecular weight excluding hydrogens is 716 g/mol. The molecule has 2 aliphatic heterocycles. The maximum Gasteiger partial charge on any atom is 0.256 e. The summed E-state index contributed by atoms with van der Waals surface area (Å²) in [6.45, 7) is 7.29. The van der Waals surface area contributed by atoms with Gasteiger partial charge in [-0.05, 0) is 50.0 Å². The molecule has 7 amide bonds. The molecule has 0 saturated carbocycles. The molecule has 0 bridgehead atoms. The Morgan fingerprint density at radius 2 is 1.47 bits per heavy atom.